The van der Waals surface area contributed by atoms with Crippen molar-refractivity contribution >= 4 is 40.4 Å². The number of nitrogens with zero attached hydrogens (tertiary/aromatic N) is 3. The van der Waals surface area contributed by atoms with Crippen molar-refractivity contribution in [3.05, 3.63) is 88.6 Å². The van der Waals surface area contributed by atoms with Crippen LogP contribution in [-0.2, 0) is 22.7 Å². The zero-order valence-corrected chi connectivity index (χ0v) is 17.8. The van der Waals surface area contributed by atoms with E-state index in [1.54, 1.807) is 12.1 Å². The maximum atomic E-state index is 12.6. The van der Waals surface area contributed by atoms with Crippen molar-refractivity contribution in [1.29, 1.82) is 0 Å². The first-order chi connectivity index (χ1) is 15.6. The molecule has 3 aromatic carbocycles. The van der Waals surface area contributed by atoms with E-state index in [1.807, 2.05) is 59.5 Å². The molecule has 0 amide bonds. The Bertz CT molecular complexity index is 1370. The van der Waals surface area contributed by atoms with Crippen molar-refractivity contribution in [1.82, 2.24) is 14.9 Å². The predicted octanol–water partition coefficient (Wildman–Crippen LogP) is 4.36. The number of hydrogen-bond donors (Lipinski definition) is 1. The van der Waals surface area contributed by atoms with Crippen LogP contribution in [0.15, 0.2) is 66.7 Å². The molecule has 5 rings (SSSR count). The third kappa shape index (κ3) is 3.43. The topological polar surface area (TPSA) is 89.2 Å². The fraction of sp³-hybridized carbons (Fsp3) is 0.120. The number of nitrogens with two attached hydrogens (primary N) is 1. The Morgan fingerprint density at radius 3 is 2.66 bits per heavy atom. The van der Waals surface area contributed by atoms with Gasteiger partial charge in [-0.05, 0) is 29.3 Å². The number of carbonyl (C=O) groups is 2. The Kier molecular flexibility index (Phi) is 5.17. The van der Waals surface area contributed by atoms with E-state index in [0.717, 1.165) is 16.7 Å². The van der Waals surface area contributed by atoms with Gasteiger partial charge in [-0.2, -0.15) is 0 Å². The van der Waals surface area contributed by atoms with Crippen LogP contribution >= 0.6 is 11.6 Å². The molecule has 32 heavy (non-hydrogen) atoms. The minimum atomic E-state index is -0.652. The highest BCUT2D eigenvalue weighted by molar-refractivity contribution is 6.33. The van der Waals surface area contributed by atoms with E-state index in [9.17, 15) is 9.59 Å². The third-order valence-corrected chi connectivity index (χ3v) is 6.08. The lowest BCUT2D eigenvalue weighted by Gasteiger charge is -2.23. The highest BCUT2D eigenvalue weighted by atomic mass is 35.5. The van der Waals surface area contributed by atoms with Crippen molar-refractivity contribution in [3.63, 3.8) is 0 Å². The van der Waals surface area contributed by atoms with Gasteiger partial charge in [0.2, 0.25) is 5.78 Å². The van der Waals surface area contributed by atoms with E-state index in [2.05, 4.69) is 0 Å². The van der Waals surface area contributed by atoms with E-state index in [-0.39, 0.29) is 0 Å². The molecule has 2 N–H and O–H groups in total. The summed E-state index contributed by atoms with van der Waals surface area (Å²) in [7, 11) is 0. The summed E-state index contributed by atoms with van der Waals surface area (Å²) < 4.78 is 0. The van der Waals surface area contributed by atoms with Gasteiger partial charge in [-0.1, -0.05) is 60.1 Å². The summed E-state index contributed by atoms with van der Waals surface area (Å²) in [6, 6.07) is 19.9. The standard InChI is InChI=1S/C25H19ClN4O2/c26-18-9-4-3-8-17(18)23-21(28-20-11-5-10-19(27)24(20)29-23)13-30-12-15-6-1-2-7-16(15)25(30)22(32)14-31/h1-11,14,25H,12-13,27H2. The molecule has 7 heteroatoms. The molecular weight excluding hydrogens is 424 g/mol. The van der Waals surface area contributed by atoms with Crippen LogP contribution in [0.5, 0.6) is 0 Å². The molecule has 1 aliphatic heterocycles. The number of rotatable bonds is 5. The number of para-hydroxylation sites is 1. The summed E-state index contributed by atoms with van der Waals surface area (Å²) in [5.41, 5.74) is 11.8. The first kappa shape index (κ1) is 20.3. The third-order valence-electron chi connectivity index (χ3n) is 5.75. The average Bonchev–Trinajstić information content (AvgIpc) is 3.17. The van der Waals surface area contributed by atoms with E-state index in [0.29, 0.717) is 52.5 Å². The second-order valence-electron chi connectivity index (χ2n) is 7.74. The van der Waals surface area contributed by atoms with Crippen LogP contribution in [0.3, 0.4) is 0 Å². The molecule has 1 atom stereocenters. The Hall–Kier alpha value is -3.61. The maximum Gasteiger partial charge on any atom is 0.216 e. The molecule has 1 aromatic heterocycles. The van der Waals surface area contributed by atoms with Gasteiger partial charge < -0.3 is 5.73 Å². The van der Waals surface area contributed by atoms with Gasteiger partial charge in [0.25, 0.3) is 0 Å². The number of fused-ring (bicyclic) bond motifs is 2. The number of aldehydes is 1. The zero-order chi connectivity index (χ0) is 22.2. The minimum Gasteiger partial charge on any atom is -0.397 e. The molecule has 1 unspecified atom stereocenters. The quantitative estimate of drug-likeness (QED) is 0.280. The van der Waals surface area contributed by atoms with E-state index < -0.39 is 11.8 Å². The number of ketones is 1. The molecule has 0 saturated heterocycles. The minimum absolute atomic E-state index is 0.317. The molecule has 0 fully saturated rings. The number of Topliss-reactive ketones (excluding diaryl/α,β-unsaturated/α-hetero) is 1. The molecule has 0 aliphatic carbocycles. The molecule has 6 nitrogen and oxygen atoms in total. The molecule has 0 radical (unpaired) electrons. The highest BCUT2D eigenvalue weighted by Crippen LogP contribution is 2.37. The fourth-order valence-electron chi connectivity index (χ4n) is 4.30. The predicted molar refractivity (Wildman–Crippen MR) is 124 cm³/mol. The smallest absolute Gasteiger partial charge is 0.216 e. The van der Waals surface area contributed by atoms with Crippen molar-refractivity contribution in [2.75, 3.05) is 5.73 Å². The van der Waals surface area contributed by atoms with Gasteiger partial charge in [-0.25, -0.2) is 9.97 Å². The SMILES string of the molecule is Nc1cccc2nc(CN3Cc4ccccc4C3C(=O)C=O)c(-c3ccccc3Cl)nc12. The van der Waals surface area contributed by atoms with Crippen LogP contribution in [0.2, 0.25) is 5.02 Å². The Balaban J connectivity index is 1.65. The fourth-order valence-corrected chi connectivity index (χ4v) is 4.53. The number of anilines is 1. The van der Waals surface area contributed by atoms with Gasteiger partial charge in [0.05, 0.1) is 27.6 Å². The van der Waals surface area contributed by atoms with E-state index >= 15 is 0 Å². The molecule has 0 bridgehead atoms. The van der Waals surface area contributed by atoms with Gasteiger partial charge in [-0.15, -0.1) is 0 Å². The largest absolute Gasteiger partial charge is 0.397 e. The van der Waals surface area contributed by atoms with Crippen LogP contribution in [0, 0.1) is 0 Å². The summed E-state index contributed by atoms with van der Waals surface area (Å²) in [5.74, 6) is -0.479. The Morgan fingerprint density at radius 1 is 1.06 bits per heavy atom. The lowest BCUT2D eigenvalue weighted by molar-refractivity contribution is -0.133. The molecule has 0 spiro atoms. The second kappa shape index (κ2) is 8.15. The van der Waals surface area contributed by atoms with Crippen LogP contribution in [0.25, 0.3) is 22.3 Å². The number of hydrogen-bond acceptors (Lipinski definition) is 6. The van der Waals surface area contributed by atoms with Crippen LogP contribution in [-0.4, -0.2) is 26.9 Å². The van der Waals surface area contributed by atoms with Crippen molar-refractivity contribution in [2.45, 2.75) is 19.1 Å². The van der Waals surface area contributed by atoms with Crippen molar-refractivity contribution < 1.29 is 9.59 Å². The monoisotopic (exact) mass is 442 g/mol. The van der Waals surface area contributed by atoms with Crippen LogP contribution < -0.4 is 5.73 Å². The van der Waals surface area contributed by atoms with Crippen molar-refractivity contribution in [2.24, 2.45) is 0 Å². The maximum absolute atomic E-state index is 12.6. The molecule has 0 saturated carbocycles. The van der Waals surface area contributed by atoms with Crippen molar-refractivity contribution in [3.8, 4) is 11.3 Å². The summed E-state index contributed by atoms with van der Waals surface area (Å²) in [5, 5.41) is 0.544. The first-order valence-electron chi connectivity index (χ1n) is 10.2. The summed E-state index contributed by atoms with van der Waals surface area (Å²) >= 11 is 6.50. The second-order valence-corrected chi connectivity index (χ2v) is 8.15. The number of nitrogen functional groups attached to an aromatic ring is 1. The Labute approximate surface area is 189 Å². The van der Waals surface area contributed by atoms with Gasteiger partial charge in [0.15, 0.2) is 6.29 Å². The highest BCUT2D eigenvalue weighted by Gasteiger charge is 2.35. The van der Waals surface area contributed by atoms with E-state index in [4.69, 9.17) is 27.3 Å². The first-order valence-corrected chi connectivity index (χ1v) is 10.6. The van der Waals surface area contributed by atoms with E-state index in [1.165, 1.54) is 0 Å². The summed E-state index contributed by atoms with van der Waals surface area (Å²) in [4.78, 5) is 35.6. The lowest BCUT2D eigenvalue weighted by atomic mass is 10.0. The van der Waals surface area contributed by atoms with Gasteiger partial charge in [-0.3, -0.25) is 14.5 Å². The molecule has 1 aliphatic rings. The van der Waals surface area contributed by atoms with Crippen LogP contribution in [0.1, 0.15) is 22.9 Å². The summed E-state index contributed by atoms with van der Waals surface area (Å²) in [6.07, 6.45) is 0.390. The van der Waals surface area contributed by atoms with Crippen LogP contribution in [0.4, 0.5) is 5.69 Å². The summed E-state index contributed by atoms with van der Waals surface area (Å²) in [6.45, 7) is 0.844. The van der Waals surface area contributed by atoms with Gasteiger partial charge >= 0.3 is 0 Å². The molecule has 4 aromatic rings. The zero-order valence-electron chi connectivity index (χ0n) is 17.0. The molecule has 2 heterocycles. The number of halogens is 1. The van der Waals surface area contributed by atoms with Gasteiger partial charge in [0, 0.05) is 18.7 Å². The van der Waals surface area contributed by atoms with Gasteiger partial charge in [0.1, 0.15) is 11.6 Å². The molecule has 158 valence electrons. The number of benzene rings is 3. The number of aromatic nitrogens is 2. The molecular formula is C25H19ClN4O2. The number of carbonyl (C=O) groups excluding carboxylic acids is 2. The normalized spacial score (nSPS) is 15.6. The Morgan fingerprint density at radius 2 is 1.84 bits per heavy atom. The average molecular weight is 443 g/mol. The lowest BCUT2D eigenvalue weighted by Crippen LogP contribution is -2.29.